The number of imidazole rings is 1. The van der Waals surface area contributed by atoms with E-state index < -0.39 is 0 Å². The first-order chi connectivity index (χ1) is 13.2. The number of benzene rings is 2. The van der Waals surface area contributed by atoms with Gasteiger partial charge in [0, 0.05) is 18.8 Å². The molecule has 2 heterocycles. The number of guanidine groups is 1. The van der Waals surface area contributed by atoms with E-state index in [1.165, 1.54) is 5.69 Å². The third-order valence-electron chi connectivity index (χ3n) is 4.89. The van der Waals surface area contributed by atoms with E-state index in [4.69, 9.17) is 5.73 Å². The molecule has 27 heavy (non-hydrogen) atoms. The second-order valence-electron chi connectivity index (χ2n) is 6.89. The van der Waals surface area contributed by atoms with Gasteiger partial charge < -0.3 is 10.6 Å². The standard InChI is InChI=1S/C21H26N6/c1-3-13-26(14-4-2)16-11-9-15(10-12-16)19-24-20(22)25-21-23-17-7-5-6-8-18(17)27(19)21/h5-12,19H,3-4,13-14H2,1-2H3,(H3,22,23,24,25). The van der Waals surface area contributed by atoms with Crippen LogP contribution in [0, 0.1) is 0 Å². The van der Waals surface area contributed by atoms with Crippen LogP contribution in [0.25, 0.3) is 11.0 Å². The zero-order valence-electron chi connectivity index (χ0n) is 15.9. The van der Waals surface area contributed by atoms with Gasteiger partial charge in [-0.3, -0.25) is 9.88 Å². The van der Waals surface area contributed by atoms with Crippen LogP contribution in [0.1, 0.15) is 38.4 Å². The highest BCUT2D eigenvalue weighted by Gasteiger charge is 2.25. The number of para-hydroxylation sites is 2. The molecule has 1 unspecified atom stereocenters. The molecule has 3 N–H and O–H groups in total. The van der Waals surface area contributed by atoms with Gasteiger partial charge in [-0.1, -0.05) is 38.1 Å². The zero-order valence-corrected chi connectivity index (χ0v) is 15.9. The van der Waals surface area contributed by atoms with Crippen LogP contribution >= 0.6 is 0 Å². The van der Waals surface area contributed by atoms with Crippen molar-refractivity contribution in [1.29, 1.82) is 0 Å². The number of nitrogens with two attached hydrogens (primary N) is 1. The fourth-order valence-electron chi connectivity index (χ4n) is 3.71. The molecule has 1 aliphatic rings. The number of aliphatic imine (C=N–C) groups is 1. The molecule has 0 bridgehead atoms. The molecule has 0 aliphatic carbocycles. The number of nitrogens with one attached hydrogen (secondary N) is 1. The summed E-state index contributed by atoms with van der Waals surface area (Å²) in [5, 5.41) is 3.08. The van der Waals surface area contributed by atoms with Crippen LogP contribution in [0.5, 0.6) is 0 Å². The van der Waals surface area contributed by atoms with E-state index in [9.17, 15) is 0 Å². The molecule has 0 radical (unpaired) electrons. The molecule has 0 fully saturated rings. The van der Waals surface area contributed by atoms with Crippen LogP contribution in [0.4, 0.5) is 11.6 Å². The number of nitrogens with zero attached hydrogens (tertiary/aromatic N) is 4. The number of hydrogen-bond acceptors (Lipinski definition) is 5. The monoisotopic (exact) mass is 362 g/mol. The molecular weight excluding hydrogens is 336 g/mol. The van der Waals surface area contributed by atoms with Gasteiger partial charge in [0.25, 0.3) is 0 Å². The Morgan fingerprint density at radius 1 is 1.04 bits per heavy atom. The summed E-state index contributed by atoms with van der Waals surface area (Å²) in [5.41, 5.74) is 10.4. The topological polar surface area (TPSA) is 71.5 Å². The van der Waals surface area contributed by atoms with Crippen molar-refractivity contribution in [2.75, 3.05) is 23.3 Å². The Kier molecular flexibility index (Phi) is 4.71. The fraction of sp³-hybridized carbons (Fsp3) is 0.333. The van der Waals surface area contributed by atoms with Gasteiger partial charge in [-0.05, 0) is 42.7 Å². The normalized spacial score (nSPS) is 15.9. The lowest BCUT2D eigenvalue weighted by atomic mass is 10.1. The van der Waals surface area contributed by atoms with E-state index in [0.717, 1.165) is 48.5 Å². The molecule has 1 aliphatic heterocycles. The maximum atomic E-state index is 6.03. The molecular formula is C21H26N6. The van der Waals surface area contributed by atoms with E-state index in [1.54, 1.807) is 0 Å². The van der Waals surface area contributed by atoms with E-state index in [2.05, 4.69) is 68.9 Å². The van der Waals surface area contributed by atoms with Gasteiger partial charge in [-0.2, -0.15) is 0 Å². The van der Waals surface area contributed by atoms with E-state index in [-0.39, 0.29) is 6.17 Å². The first-order valence-corrected chi connectivity index (χ1v) is 9.63. The fourth-order valence-corrected chi connectivity index (χ4v) is 3.71. The molecule has 6 nitrogen and oxygen atoms in total. The summed E-state index contributed by atoms with van der Waals surface area (Å²) >= 11 is 0. The molecule has 3 aromatic rings. The Balaban J connectivity index is 1.72. The van der Waals surface area contributed by atoms with E-state index >= 15 is 0 Å². The third kappa shape index (κ3) is 3.23. The Morgan fingerprint density at radius 3 is 2.44 bits per heavy atom. The number of fused-ring (bicyclic) bond motifs is 3. The number of anilines is 2. The highest BCUT2D eigenvalue weighted by atomic mass is 15.4. The summed E-state index contributed by atoms with van der Waals surface area (Å²) < 4.78 is 2.11. The summed E-state index contributed by atoms with van der Waals surface area (Å²) in [5.74, 6) is 1.13. The second-order valence-corrected chi connectivity index (χ2v) is 6.89. The minimum absolute atomic E-state index is 0.214. The molecule has 1 atom stereocenters. The van der Waals surface area contributed by atoms with Crippen molar-refractivity contribution < 1.29 is 0 Å². The minimum Gasteiger partial charge on any atom is -0.372 e. The highest BCUT2D eigenvalue weighted by Crippen LogP contribution is 2.33. The maximum absolute atomic E-state index is 6.03. The van der Waals surface area contributed by atoms with Crippen molar-refractivity contribution in [2.24, 2.45) is 10.7 Å². The van der Waals surface area contributed by atoms with Gasteiger partial charge >= 0.3 is 0 Å². The predicted molar refractivity (Wildman–Crippen MR) is 112 cm³/mol. The molecule has 0 saturated heterocycles. The van der Waals surface area contributed by atoms with Crippen molar-refractivity contribution in [3.8, 4) is 0 Å². The van der Waals surface area contributed by atoms with Crippen LogP contribution in [0.15, 0.2) is 53.5 Å². The number of rotatable bonds is 6. The van der Waals surface area contributed by atoms with Gasteiger partial charge in [0.15, 0.2) is 12.1 Å². The largest absolute Gasteiger partial charge is 0.372 e. The van der Waals surface area contributed by atoms with Gasteiger partial charge in [0.2, 0.25) is 5.95 Å². The van der Waals surface area contributed by atoms with Crippen LogP contribution in [-0.4, -0.2) is 28.6 Å². The minimum atomic E-state index is -0.214. The van der Waals surface area contributed by atoms with E-state index in [1.807, 2.05) is 18.2 Å². The highest BCUT2D eigenvalue weighted by molar-refractivity contribution is 5.94. The average Bonchev–Trinajstić information content (AvgIpc) is 3.05. The smallest absolute Gasteiger partial charge is 0.212 e. The van der Waals surface area contributed by atoms with Crippen LogP contribution < -0.4 is 16.0 Å². The Labute approximate surface area is 159 Å². The molecule has 1 aromatic heterocycles. The molecule has 6 heteroatoms. The Morgan fingerprint density at radius 2 is 1.74 bits per heavy atom. The van der Waals surface area contributed by atoms with E-state index in [0.29, 0.717) is 5.96 Å². The number of hydrogen-bond donors (Lipinski definition) is 2. The van der Waals surface area contributed by atoms with Crippen molar-refractivity contribution >= 4 is 28.6 Å². The zero-order chi connectivity index (χ0) is 18.8. The van der Waals surface area contributed by atoms with Crippen LogP contribution in [0.3, 0.4) is 0 Å². The number of aromatic nitrogens is 2. The van der Waals surface area contributed by atoms with Gasteiger partial charge in [0.1, 0.15) is 0 Å². The van der Waals surface area contributed by atoms with Crippen LogP contribution in [-0.2, 0) is 0 Å². The Bertz CT molecular complexity index is 950. The lowest BCUT2D eigenvalue weighted by Gasteiger charge is -2.26. The molecule has 4 rings (SSSR count). The summed E-state index contributed by atoms with van der Waals surface area (Å²) in [6.45, 7) is 6.58. The maximum Gasteiger partial charge on any atom is 0.212 e. The van der Waals surface area contributed by atoms with Crippen molar-refractivity contribution in [3.05, 3.63) is 54.1 Å². The van der Waals surface area contributed by atoms with Gasteiger partial charge in [0.05, 0.1) is 11.0 Å². The first-order valence-electron chi connectivity index (χ1n) is 9.63. The van der Waals surface area contributed by atoms with Crippen LogP contribution in [0.2, 0.25) is 0 Å². The molecule has 2 aromatic carbocycles. The van der Waals surface area contributed by atoms with Crippen molar-refractivity contribution in [1.82, 2.24) is 9.55 Å². The SMILES string of the molecule is CCCN(CCC)c1ccc(C2N=C(N)Nc3nc4ccccc4n32)cc1. The lowest BCUT2D eigenvalue weighted by Crippen LogP contribution is -2.31. The first kappa shape index (κ1) is 17.4. The summed E-state index contributed by atoms with van der Waals surface area (Å²) in [6.07, 6.45) is 2.07. The summed E-state index contributed by atoms with van der Waals surface area (Å²) in [4.78, 5) is 11.7. The molecule has 140 valence electrons. The second kappa shape index (κ2) is 7.31. The van der Waals surface area contributed by atoms with Crippen molar-refractivity contribution in [2.45, 2.75) is 32.9 Å². The molecule has 0 amide bonds. The average molecular weight is 362 g/mol. The lowest BCUT2D eigenvalue weighted by molar-refractivity contribution is 0.626. The summed E-state index contributed by atoms with van der Waals surface area (Å²) in [6, 6.07) is 16.8. The summed E-state index contributed by atoms with van der Waals surface area (Å²) in [7, 11) is 0. The molecule has 0 spiro atoms. The van der Waals surface area contributed by atoms with Gasteiger partial charge in [-0.25, -0.2) is 9.98 Å². The van der Waals surface area contributed by atoms with Crippen molar-refractivity contribution in [3.63, 3.8) is 0 Å². The molecule has 0 saturated carbocycles. The quantitative estimate of drug-likeness (QED) is 0.696. The predicted octanol–water partition coefficient (Wildman–Crippen LogP) is 3.95. The third-order valence-corrected chi connectivity index (χ3v) is 4.89. The Hall–Kier alpha value is -3.02. The van der Waals surface area contributed by atoms with Gasteiger partial charge in [-0.15, -0.1) is 0 Å².